The molecule has 0 atom stereocenters. The maximum atomic E-state index is 13.3. The molecule has 2 rings (SSSR count). The summed E-state index contributed by atoms with van der Waals surface area (Å²) in [6, 6.07) is 3.29. The second-order valence-corrected chi connectivity index (χ2v) is 3.92. The number of nitrogens with two attached hydrogens (primary N) is 1. The van der Waals surface area contributed by atoms with Crippen molar-refractivity contribution in [3.8, 4) is 0 Å². The highest BCUT2D eigenvalue weighted by atomic mass is 127. The van der Waals surface area contributed by atoms with Crippen LogP contribution in [0.3, 0.4) is 0 Å². The van der Waals surface area contributed by atoms with Crippen molar-refractivity contribution in [2.45, 2.75) is 6.54 Å². The van der Waals surface area contributed by atoms with Gasteiger partial charge in [-0.25, -0.2) is 9.37 Å². The van der Waals surface area contributed by atoms with E-state index < -0.39 is 0 Å². The summed E-state index contributed by atoms with van der Waals surface area (Å²) in [5.74, 6) is 0.300. The molecule has 1 aromatic heterocycles. The molecule has 0 saturated heterocycles. The van der Waals surface area contributed by atoms with Crippen LogP contribution in [0.4, 0.5) is 4.39 Å². The van der Waals surface area contributed by atoms with Gasteiger partial charge in [-0.3, -0.25) is 0 Å². The van der Waals surface area contributed by atoms with Gasteiger partial charge in [0.1, 0.15) is 11.3 Å². The smallest absolute Gasteiger partial charge is 0.152 e. The van der Waals surface area contributed by atoms with Crippen LogP contribution in [0.5, 0.6) is 0 Å². The highest BCUT2D eigenvalue weighted by Gasteiger charge is 2.07. The Morgan fingerprint density at radius 3 is 3.00 bits per heavy atom. The van der Waals surface area contributed by atoms with Gasteiger partial charge in [-0.2, -0.15) is 0 Å². The zero-order valence-corrected chi connectivity index (χ0v) is 8.80. The first-order valence-electron chi connectivity index (χ1n) is 3.74. The van der Waals surface area contributed by atoms with Crippen molar-refractivity contribution in [1.29, 1.82) is 0 Å². The Morgan fingerprint density at radius 2 is 2.31 bits per heavy atom. The molecule has 3 N–H and O–H groups in total. The standard InChI is InChI=1S/C8H7FIN3/c9-5-1-4(10)2-6-8(5)13-7(3-11)12-6/h1-2H,3,11H2,(H,12,13). The molecule has 0 aliphatic rings. The Balaban J connectivity index is 2.75. The molecular formula is C8H7FIN3. The summed E-state index contributed by atoms with van der Waals surface area (Å²) in [6.45, 7) is 0.296. The zero-order valence-electron chi connectivity index (χ0n) is 6.64. The Labute approximate surface area is 87.7 Å². The van der Waals surface area contributed by atoms with E-state index in [1.165, 1.54) is 6.07 Å². The Bertz CT molecular complexity index is 452. The lowest BCUT2D eigenvalue weighted by Crippen LogP contribution is -1.97. The second kappa shape index (κ2) is 3.22. The van der Waals surface area contributed by atoms with Gasteiger partial charge in [0.15, 0.2) is 5.82 Å². The van der Waals surface area contributed by atoms with E-state index in [-0.39, 0.29) is 5.82 Å². The number of nitrogens with zero attached hydrogens (tertiary/aromatic N) is 1. The van der Waals surface area contributed by atoms with Crippen molar-refractivity contribution < 1.29 is 4.39 Å². The monoisotopic (exact) mass is 291 g/mol. The predicted octanol–water partition coefficient (Wildman–Crippen LogP) is 1.77. The molecule has 0 aliphatic heterocycles. The Kier molecular flexibility index (Phi) is 2.20. The first kappa shape index (κ1) is 8.89. The number of halogens is 2. The molecule has 0 fully saturated rings. The van der Waals surface area contributed by atoms with E-state index in [0.29, 0.717) is 23.4 Å². The molecule has 1 aromatic carbocycles. The van der Waals surface area contributed by atoms with Crippen LogP contribution in [0.1, 0.15) is 5.82 Å². The Hall–Kier alpha value is -0.690. The fourth-order valence-electron chi connectivity index (χ4n) is 1.19. The predicted molar refractivity (Wildman–Crippen MR) is 56.7 cm³/mol. The first-order valence-corrected chi connectivity index (χ1v) is 4.82. The van der Waals surface area contributed by atoms with Gasteiger partial charge < -0.3 is 10.7 Å². The quantitative estimate of drug-likeness (QED) is 0.787. The van der Waals surface area contributed by atoms with Gasteiger partial charge in [-0.15, -0.1) is 0 Å². The number of aromatic amines is 1. The average Bonchev–Trinajstić information content (AvgIpc) is 2.47. The van der Waals surface area contributed by atoms with Crippen LogP contribution < -0.4 is 5.73 Å². The summed E-state index contributed by atoms with van der Waals surface area (Å²) in [5, 5.41) is 0. The van der Waals surface area contributed by atoms with Crippen molar-refractivity contribution in [3.63, 3.8) is 0 Å². The van der Waals surface area contributed by atoms with Gasteiger partial charge in [0.2, 0.25) is 0 Å². The number of hydrogen-bond acceptors (Lipinski definition) is 2. The molecule has 0 amide bonds. The fourth-order valence-corrected chi connectivity index (χ4v) is 1.77. The van der Waals surface area contributed by atoms with E-state index in [0.717, 1.165) is 3.57 Å². The number of H-pyrrole nitrogens is 1. The largest absolute Gasteiger partial charge is 0.341 e. The third-order valence-electron chi connectivity index (χ3n) is 1.75. The van der Waals surface area contributed by atoms with Crippen molar-refractivity contribution in [1.82, 2.24) is 9.97 Å². The minimum absolute atomic E-state index is 0.296. The van der Waals surface area contributed by atoms with E-state index in [2.05, 4.69) is 32.6 Å². The molecule has 13 heavy (non-hydrogen) atoms. The van der Waals surface area contributed by atoms with Gasteiger partial charge in [0, 0.05) is 3.57 Å². The fraction of sp³-hybridized carbons (Fsp3) is 0.125. The van der Waals surface area contributed by atoms with Crippen LogP contribution in [0, 0.1) is 9.39 Å². The number of rotatable bonds is 1. The molecular weight excluding hydrogens is 284 g/mol. The summed E-state index contributed by atoms with van der Waals surface area (Å²) in [5.41, 5.74) is 6.44. The highest BCUT2D eigenvalue weighted by molar-refractivity contribution is 14.1. The minimum Gasteiger partial charge on any atom is -0.341 e. The SMILES string of the molecule is NCc1nc2c(F)cc(I)cc2[nH]1. The van der Waals surface area contributed by atoms with Crippen molar-refractivity contribution in [2.75, 3.05) is 0 Å². The van der Waals surface area contributed by atoms with Gasteiger partial charge in [-0.05, 0) is 34.7 Å². The lowest BCUT2D eigenvalue weighted by atomic mass is 10.3. The molecule has 1 heterocycles. The molecule has 0 saturated carbocycles. The minimum atomic E-state index is -0.308. The van der Waals surface area contributed by atoms with Gasteiger partial charge >= 0.3 is 0 Å². The van der Waals surface area contributed by atoms with Gasteiger partial charge in [0.05, 0.1) is 12.1 Å². The number of nitrogens with one attached hydrogen (secondary N) is 1. The maximum Gasteiger partial charge on any atom is 0.152 e. The third kappa shape index (κ3) is 1.53. The molecule has 0 aliphatic carbocycles. The number of aromatic nitrogens is 2. The normalized spacial score (nSPS) is 11.0. The second-order valence-electron chi connectivity index (χ2n) is 2.67. The number of imidazole rings is 1. The lowest BCUT2D eigenvalue weighted by molar-refractivity contribution is 0.636. The molecule has 68 valence electrons. The highest BCUT2D eigenvalue weighted by Crippen LogP contribution is 2.18. The van der Waals surface area contributed by atoms with E-state index in [1.807, 2.05) is 6.07 Å². The maximum absolute atomic E-state index is 13.3. The molecule has 0 bridgehead atoms. The summed E-state index contributed by atoms with van der Waals surface area (Å²) >= 11 is 2.06. The van der Waals surface area contributed by atoms with Crippen LogP contribution in [0.15, 0.2) is 12.1 Å². The van der Waals surface area contributed by atoms with Crippen LogP contribution in [0.25, 0.3) is 11.0 Å². The molecule has 3 nitrogen and oxygen atoms in total. The van der Waals surface area contributed by atoms with Crippen molar-refractivity contribution in [2.24, 2.45) is 5.73 Å². The first-order chi connectivity index (χ1) is 6.20. The number of hydrogen-bond donors (Lipinski definition) is 2. The molecule has 0 radical (unpaired) electrons. The number of benzene rings is 1. The molecule has 5 heteroatoms. The summed E-state index contributed by atoms with van der Waals surface area (Å²) in [7, 11) is 0. The van der Waals surface area contributed by atoms with E-state index in [9.17, 15) is 4.39 Å². The molecule has 0 unspecified atom stereocenters. The van der Waals surface area contributed by atoms with Crippen molar-refractivity contribution in [3.05, 3.63) is 27.3 Å². The van der Waals surface area contributed by atoms with Crippen LogP contribution >= 0.6 is 22.6 Å². The van der Waals surface area contributed by atoms with Crippen LogP contribution in [-0.4, -0.2) is 9.97 Å². The van der Waals surface area contributed by atoms with Crippen LogP contribution in [0.2, 0.25) is 0 Å². The lowest BCUT2D eigenvalue weighted by Gasteiger charge is -1.91. The topological polar surface area (TPSA) is 54.7 Å². The Morgan fingerprint density at radius 1 is 1.54 bits per heavy atom. The molecule has 2 aromatic rings. The molecule has 0 spiro atoms. The van der Waals surface area contributed by atoms with Gasteiger partial charge in [-0.1, -0.05) is 0 Å². The zero-order chi connectivity index (χ0) is 9.42. The van der Waals surface area contributed by atoms with E-state index >= 15 is 0 Å². The van der Waals surface area contributed by atoms with Gasteiger partial charge in [0.25, 0.3) is 0 Å². The number of fused-ring (bicyclic) bond motifs is 1. The summed E-state index contributed by atoms with van der Waals surface area (Å²) < 4.78 is 14.1. The summed E-state index contributed by atoms with van der Waals surface area (Å²) in [6.07, 6.45) is 0. The van der Waals surface area contributed by atoms with E-state index in [4.69, 9.17) is 5.73 Å². The summed E-state index contributed by atoms with van der Waals surface area (Å²) in [4.78, 5) is 6.96. The van der Waals surface area contributed by atoms with Crippen molar-refractivity contribution >= 4 is 33.6 Å². The third-order valence-corrected chi connectivity index (χ3v) is 2.37. The van der Waals surface area contributed by atoms with E-state index in [1.54, 1.807) is 0 Å². The average molecular weight is 291 g/mol. The van der Waals surface area contributed by atoms with Crippen LogP contribution in [-0.2, 0) is 6.54 Å².